The summed E-state index contributed by atoms with van der Waals surface area (Å²) in [6.45, 7) is 5.04. The number of aliphatic carboxylic acids is 1. The monoisotopic (exact) mass is 353 g/mol. The Labute approximate surface area is 151 Å². The second kappa shape index (κ2) is 10.00. The van der Waals surface area contributed by atoms with Gasteiger partial charge in [-0.1, -0.05) is 33.1 Å². The predicted molar refractivity (Wildman–Crippen MR) is 98.6 cm³/mol. The minimum absolute atomic E-state index is 0.0539. The van der Waals surface area contributed by atoms with Crippen LogP contribution in [0.2, 0.25) is 0 Å². The molecule has 0 atom stereocenters. The fourth-order valence-electron chi connectivity index (χ4n) is 4.18. The Morgan fingerprint density at radius 2 is 1.68 bits per heavy atom. The molecular formula is C19H35N3O3. The summed E-state index contributed by atoms with van der Waals surface area (Å²) >= 11 is 0. The molecule has 0 radical (unpaired) electrons. The van der Waals surface area contributed by atoms with Gasteiger partial charge >= 0.3 is 12.0 Å². The Morgan fingerprint density at radius 3 is 2.24 bits per heavy atom. The van der Waals surface area contributed by atoms with Crippen molar-refractivity contribution in [3.63, 3.8) is 0 Å². The molecule has 0 bridgehead atoms. The van der Waals surface area contributed by atoms with E-state index in [0.29, 0.717) is 6.04 Å². The quantitative estimate of drug-likeness (QED) is 0.595. The number of unbranched alkanes of at least 4 members (excludes halogenated alkanes) is 1. The number of carboxylic acid groups (broad SMARTS) is 1. The summed E-state index contributed by atoms with van der Waals surface area (Å²) in [5, 5.41) is 15.1. The van der Waals surface area contributed by atoms with Gasteiger partial charge in [0.1, 0.15) is 0 Å². The first-order chi connectivity index (χ1) is 12.0. The number of rotatable bonds is 9. The highest BCUT2D eigenvalue weighted by Crippen LogP contribution is 2.28. The number of carboxylic acids is 1. The SMILES string of the molecule is CCCCC1CCC(NC(=O)NC2CC(N(CC)CC(=O)O)C2)CC1. The molecule has 3 N–H and O–H groups in total. The lowest BCUT2D eigenvalue weighted by Crippen LogP contribution is -2.57. The van der Waals surface area contributed by atoms with Crippen molar-refractivity contribution >= 4 is 12.0 Å². The molecule has 0 unspecified atom stereocenters. The van der Waals surface area contributed by atoms with Gasteiger partial charge in [0.05, 0.1) is 6.54 Å². The van der Waals surface area contributed by atoms with Crippen LogP contribution in [0.15, 0.2) is 0 Å². The summed E-state index contributed by atoms with van der Waals surface area (Å²) in [6, 6.07) is 0.712. The lowest BCUT2D eigenvalue weighted by molar-refractivity contribution is -0.139. The van der Waals surface area contributed by atoms with E-state index in [1.165, 1.54) is 32.1 Å². The molecule has 0 aliphatic heterocycles. The van der Waals surface area contributed by atoms with Crippen molar-refractivity contribution in [2.24, 2.45) is 5.92 Å². The second-order valence-electron chi connectivity index (χ2n) is 7.76. The third-order valence-electron chi connectivity index (χ3n) is 5.86. The average molecular weight is 354 g/mol. The molecule has 6 heteroatoms. The van der Waals surface area contributed by atoms with E-state index in [1.54, 1.807) is 0 Å². The number of likely N-dealkylation sites (N-methyl/N-ethyl adjacent to an activating group) is 1. The van der Waals surface area contributed by atoms with Gasteiger partial charge < -0.3 is 15.7 Å². The van der Waals surface area contributed by atoms with E-state index in [4.69, 9.17) is 5.11 Å². The smallest absolute Gasteiger partial charge is 0.317 e. The van der Waals surface area contributed by atoms with E-state index < -0.39 is 5.97 Å². The number of nitrogens with zero attached hydrogens (tertiary/aromatic N) is 1. The Kier molecular flexibility index (Phi) is 8.00. The van der Waals surface area contributed by atoms with Crippen molar-refractivity contribution in [3.05, 3.63) is 0 Å². The van der Waals surface area contributed by atoms with Gasteiger partial charge in [-0.15, -0.1) is 0 Å². The van der Waals surface area contributed by atoms with Crippen LogP contribution in [0, 0.1) is 5.92 Å². The Morgan fingerprint density at radius 1 is 1.04 bits per heavy atom. The molecule has 2 fully saturated rings. The van der Waals surface area contributed by atoms with Crippen LogP contribution < -0.4 is 10.6 Å². The standard InChI is InChI=1S/C19H35N3O3/c1-3-5-6-14-7-9-15(10-8-14)20-19(25)21-16-11-17(12-16)22(4-2)13-18(23)24/h14-17H,3-13H2,1-2H3,(H,23,24)(H2,20,21,25). The molecule has 25 heavy (non-hydrogen) atoms. The summed E-state index contributed by atoms with van der Waals surface area (Å²) in [5.41, 5.74) is 0. The van der Waals surface area contributed by atoms with Crippen molar-refractivity contribution < 1.29 is 14.7 Å². The zero-order valence-electron chi connectivity index (χ0n) is 15.8. The fourth-order valence-corrected chi connectivity index (χ4v) is 4.18. The molecule has 0 aromatic rings. The third kappa shape index (κ3) is 6.49. The van der Waals surface area contributed by atoms with Crippen LogP contribution in [-0.2, 0) is 4.79 Å². The van der Waals surface area contributed by atoms with Crippen LogP contribution in [0.3, 0.4) is 0 Å². The number of carbonyl (C=O) groups excluding carboxylic acids is 1. The summed E-state index contributed by atoms with van der Waals surface area (Å²) in [7, 11) is 0. The van der Waals surface area contributed by atoms with Gasteiger partial charge in [0.25, 0.3) is 0 Å². The van der Waals surface area contributed by atoms with Gasteiger partial charge in [-0.25, -0.2) is 4.79 Å². The summed E-state index contributed by atoms with van der Waals surface area (Å²) < 4.78 is 0. The normalized spacial score (nSPS) is 29.1. The van der Waals surface area contributed by atoms with Crippen LogP contribution in [-0.4, -0.2) is 53.2 Å². The minimum atomic E-state index is -0.787. The van der Waals surface area contributed by atoms with Crippen molar-refractivity contribution in [1.29, 1.82) is 0 Å². The first-order valence-electron chi connectivity index (χ1n) is 10.0. The van der Waals surface area contributed by atoms with Gasteiger partial charge in [0.15, 0.2) is 0 Å². The second-order valence-corrected chi connectivity index (χ2v) is 7.76. The van der Waals surface area contributed by atoms with Crippen LogP contribution in [0.25, 0.3) is 0 Å². The van der Waals surface area contributed by atoms with E-state index >= 15 is 0 Å². The molecular weight excluding hydrogens is 318 g/mol. The van der Waals surface area contributed by atoms with E-state index in [-0.39, 0.29) is 24.7 Å². The maximum atomic E-state index is 12.2. The first kappa shape index (κ1) is 20.0. The molecule has 0 aromatic carbocycles. The summed E-state index contributed by atoms with van der Waals surface area (Å²) in [5.74, 6) is 0.0632. The zero-order valence-corrected chi connectivity index (χ0v) is 15.8. The molecule has 2 saturated carbocycles. The highest BCUT2D eigenvalue weighted by Gasteiger charge is 2.35. The number of nitrogens with one attached hydrogen (secondary N) is 2. The highest BCUT2D eigenvalue weighted by molar-refractivity contribution is 5.74. The zero-order chi connectivity index (χ0) is 18.2. The average Bonchev–Trinajstić information content (AvgIpc) is 2.55. The molecule has 6 nitrogen and oxygen atoms in total. The molecule has 0 heterocycles. The van der Waals surface area contributed by atoms with Crippen LogP contribution in [0.1, 0.15) is 71.6 Å². The topological polar surface area (TPSA) is 81.7 Å². The molecule has 2 rings (SSSR count). The number of urea groups is 1. The maximum Gasteiger partial charge on any atom is 0.317 e. The van der Waals surface area contributed by atoms with Crippen molar-refractivity contribution in [2.45, 2.75) is 89.8 Å². The van der Waals surface area contributed by atoms with Gasteiger partial charge in [-0.2, -0.15) is 0 Å². The van der Waals surface area contributed by atoms with Crippen LogP contribution in [0.5, 0.6) is 0 Å². The number of amides is 2. The maximum absolute atomic E-state index is 12.2. The molecule has 2 aliphatic carbocycles. The van der Waals surface area contributed by atoms with Crippen LogP contribution >= 0.6 is 0 Å². The molecule has 0 saturated heterocycles. The van der Waals surface area contributed by atoms with Gasteiger partial charge in [0, 0.05) is 18.1 Å². The summed E-state index contributed by atoms with van der Waals surface area (Å²) in [4.78, 5) is 25.0. The Bertz CT molecular complexity index is 430. The van der Waals surface area contributed by atoms with Crippen LogP contribution in [0.4, 0.5) is 4.79 Å². The Balaban J connectivity index is 1.60. The lowest BCUT2D eigenvalue weighted by Gasteiger charge is -2.42. The van der Waals surface area contributed by atoms with Gasteiger partial charge in [-0.05, 0) is 51.0 Å². The highest BCUT2D eigenvalue weighted by atomic mass is 16.4. The number of hydrogen-bond donors (Lipinski definition) is 3. The predicted octanol–water partition coefficient (Wildman–Crippen LogP) is 2.97. The van der Waals surface area contributed by atoms with Gasteiger partial charge in [0.2, 0.25) is 0 Å². The molecule has 0 aromatic heterocycles. The molecule has 144 valence electrons. The third-order valence-corrected chi connectivity index (χ3v) is 5.86. The largest absolute Gasteiger partial charge is 0.480 e. The first-order valence-corrected chi connectivity index (χ1v) is 10.0. The van der Waals surface area contributed by atoms with E-state index in [0.717, 1.165) is 38.1 Å². The Hall–Kier alpha value is -1.30. The number of hydrogen-bond acceptors (Lipinski definition) is 3. The van der Waals surface area contributed by atoms with E-state index in [9.17, 15) is 9.59 Å². The molecule has 2 aliphatic rings. The minimum Gasteiger partial charge on any atom is -0.480 e. The van der Waals surface area contributed by atoms with E-state index in [1.807, 2.05) is 11.8 Å². The van der Waals surface area contributed by atoms with E-state index in [2.05, 4.69) is 17.6 Å². The van der Waals surface area contributed by atoms with Crippen molar-refractivity contribution in [3.8, 4) is 0 Å². The number of carbonyl (C=O) groups is 2. The molecule has 0 spiro atoms. The van der Waals surface area contributed by atoms with Crippen molar-refractivity contribution in [2.75, 3.05) is 13.1 Å². The lowest BCUT2D eigenvalue weighted by atomic mass is 9.83. The van der Waals surface area contributed by atoms with Crippen molar-refractivity contribution in [1.82, 2.24) is 15.5 Å². The fraction of sp³-hybridized carbons (Fsp3) is 0.895. The van der Waals surface area contributed by atoms with Gasteiger partial charge in [-0.3, -0.25) is 9.69 Å². The summed E-state index contributed by atoms with van der Waals surface area (Å²) in [6.07, 6.45) is 10.3. The molecule has 2 amide bonds.